The van der Waals surface area contributed by atoms with Crippen LogP contribution in [0, 0.1) is 6.92 Å². The highest BCUT2D eigenvalue weighted by Gasteiger charge is 2.30. The van der Waals surface area contributed by atoms with Crippen LogP contribution >= 0.6 is 11.6 Å². The van der Waals surface area contributed by atoms with Crippen molar-refractivity contribution in [2.24, 2.45) is 0 Å². The number of halogens is 1. The van der Waals surface area contributed by atoms with Crippen LogP contribution in [-0.2, 0) is 22.6 Å². The van der Waals surface area contributed by atoms with Crippen LogP contribution in [-0.4, -0.2) is 28.8 Å². The Labute approximate surface area is 184 Å². The molecule has 0 spiro atoms. The fourth-order valence-electron chi connectivity index (χ4n) is 4.08. The summed E-state index contributed by atoms with van der Waals surface area (Å²) < 4.78 is 0. The highest BCUT2D eigenvalue weighted by Crippen LogP contribution is 2.22. The Bertz CT molecular complexity index is 860. The van der Waals surface area contributed by atoms with Crippen molar-refractivity contribution in [1.82, 2.24) is 10.2 Å². The van der Waals surface area contributed by atoms with Gasteiger partial charge in [-0.3, -0.25) is 9.59 Å². The quantitative estimate of drug-likeness (QED) is 0.641. The summed E-state index contributed by atoms with van der Waals surface area (Å²) in [4.78, 5) is 28.2. The molecule has 1 N–H and O–H groups in total. The summed E-state index contributed by atoms with van der Waals surface area (Å²) in [6.07, 6.45) is 5.16. The number of carbonyl (C=O) groups excluding carboxylic acids is 2. The van der Waals surface area contributed by atoms with Crippen molar-refractivity contribution in [2.45, 2.75) is 71.0 Å². The minimum absolute atomic E-state index is 0.0614. The zero-order valence-corrected chi connectivity index (χ0v) is 18.6. The minimum Gasteiger partial charge on any atom is -0.352 e. The molecule has 0 saturated heterocycles. The van der Waals surface area contributed by atoms with E-state index >= 15 is 0 Å². The van der Waals surface area contributed by atoms with Gasteiger partial charge in [0, 0.05) is 17.6 Å². The van der Waals surface area contributed by atoms with Crippen LogP contribution < -0.4 is 5.32 Å². The smallest absolute Gasteiger partial charge is 0.243 e. The number of amides is 2. The number of aryl methyl sites for hydroxylation is 1. The molecule has 1 aliphatic carbocycles. The standard InChI is InChI=1S/C25H31ClN2O2/c1-3-23(25(30)27-21-9-5-6-10-21)28(17-20-8-4-7-11-22(20)26)24(29)16-19-14-12-18(2)13-15-19/h4,7-8,11-15,21,23H,3,5-6,9-10,16-17H2,1-2H3,(H,27,30)/t23-/m1/s1. The van der Waals surface area contributed by atoms with Crippen LogP contribution in [0.4, 0.5) is 0 Å². The van der Waals surface area contributed by atoms with E-state index in [1.165, 1.54) is 0 Å². The van der Waals surface area contributed by atoms with Gasteiger partial charge >= 0.3 is 0 Å². The van der Waals surface area contributed by atoms with E-state index in [0.717, 1.165) is 42.4 Å². The second-order valence-corrected chi connectivity index (χ2v) is 8.60. The normalized spacial score (nSPS) is 15.0. The Morgan fingerprint density at radius 2 is 1.77 bits per heavy atom. The van der Waals surface area contributed by atoms with E-state index in [4.69, 9.17) is 11.6 Å². The molecule has 2 aromatic rings. The second-order valence-electron chi connectivity index (χ2n) is 8.19. The van der Waals surface area contributed by atoms with E-state index in [2.05, 4.69) is 5.32 Å². The lowest BCUT2D eigenvalue weighted by atomic mass is 10.1. The van der Waals surface area contributed by atoms with E-state index in [0.29, 0.717) is 18.0 Å². The maximum absolute atomic E-state index is 13.4. The number of benzene rings is 2. The molecule has 0 radical (unpaired) electrons. The van der Waals surface area contributed by atoms with Gasteiger partial charge in [0.05, 0.1) is 6.42 Å². The molecule has 30 heavy (non-hydrogen) atoms. The maximum atomic E-state index is 13.4. The zero-order valence-electron chi connectivity index (χ0n) is 17.9. The van der Waals surface area contributed by atoms with Gasteiger partial charge in [0.15, 0.2) is 0 Å². The monoisotopic (exact) mass is 426 g/mol. The predicted octanol–water partition coefficient (Wildman–Crippen LogP) is 5.06. The Kier molecular flexibility index (Phi) is 7.92. The molecule has 1 aliphatic rings. The number of nitrogens with one attached hydrogen (secondary N) is 1. The summed E-state index contributed by atoms with van der Waals surface area (Å²) in [7, 11) is 0. The van der Waals surface area contributed by atoms with Crippen molar-refractivity contribution < 1.29 is 9.59 Å². The highest BCUT2D eigenvalue weighted by molar-refractivity contribution is 6.31. The molecule has 1 fully saturated rings. The first-order chi connectivity index (χ1) is 14.5. The lowest BCUT2D eigenvalue weighted by Gasteiger charge is -2.32. The van der Waals surface area contributed by atoms with Crippen LogP contribution in [0.2, 0.25) is 5.02 Å². The average Bonchev–Trinajstić information content (AvgIpc) is 3.24. The number of hydrogen-bond donors (Lipinski definition) is 1. The molecule has 3 rings (SSSR count). The average molecular weight is 427 g/mol. The van der Waals surface area contributed by atoms with Crippen LogP contribution in [0.25, 0.3) is 0 Å². The van der Waals surface area contributed by atoms with Gasteiger partial charge in [-0.2, -0.15) is 0 Å². The van der Waals surface area contributed by atoms with Crippen molar-refractivity contribution in [3.8, 4) is 0 Å². The van der Waals surface area contributed by atoms with Crippen molar-refractivity contribution in [3.05, 3.63) is 70.2 Å². The fraction of sp³-hybridized carbons (Fsp3) is 0.440. The van der Waals surface area contributed by atoms with Gasteiger partial charge in [-0.1, -0.05) is 79.4 Å². The van der Waals surface area contributed by atoms with Crippen LogP contribution in [0.15, 0.2) is 48.5 Å². The van der Waals surface area contributed by atoms with Crippen molar-refractivity contribution in [3.63, 3.8) is 0 Å². The topological polar surface area (TPSA) is 49.4 Å². The van der Waals surface area contributed by atoms with Gasteiger partial charge in [-0.05, 0) is 43.4 Å². The summed E-state index contributed by atoms with van der Waals surface area (Å²) in [5.41, 5.74) is 2.95. The van der Waals surface area contributed by atoms with Crippen LogP contribution in [0.5, 0.6) is 0 Å². The Balaban J connectivity index is 1.82. The summed E-state index contributed by atoms with van der Waals surface area (Å²) in [6.45, 7) is 4.30. The van der Waals surface area contributed by atoms with E-state index in [1.807, 2.05) is 62.4 Å². The summed E-state index contributed by atoms with van der Waals surface area (Å²) in [5, 5.41) is 3.78. The first-order valence-electron chi connectivity index (χ1n) is 10.9. The molecule has 2 amide bonds. The lowest BCUT2D eigenvalue weighted by Crippen LogP contribution is -2.51. The fourth-order valence-corrected chi connectivity index (χ4v) is 4.27. The van der Waals surface area contributed by atoms with Crippen LogP contribution in [0.1, 0.15) is 55.7 Å². The molecule has 0 heterocycles. The summed E-state index contributed by atoms with van der Waals surface area (Å²) >= 11 is 6.38. The molecular weight excluding hydrogens is 396 g/mol. The van der Waals surface area contributed by atoms with Crippen LogP contribution in [0.3, 0.4) is 0 Å². The maximum Gasteiger partial charge on any atom is 0.243 e. The molecule has 5 heteroatoms. The third-order valence-electron chi connectivity index (χ3n) is 5.86. The van der Waals surface area contributed by atoms with Gasteiger partial charge < -0.3 is 10.2 Å². The van der Waals surface area contributed by atoms with E-state index in [-0.39, 0.29) is 24.3 Å². The molecule has 4 nitrogen and oxygen atoms in total. The molecule has 160 valence electrons. The second kappa shape index (κ2) is 10.6. The minimum atomic E-state index is -0.514. The van der Waals surface area contributed by atoms with E-state index in [9.17, 15) is 9.59 Å². The molecule has 0 bridgehead atoms. The third-order valence-corrected chi connectivity index (χ3v) is 6.23. The number of hydrogen-bond acceptors (Lipinski definition) is 2. The van der Waals surface area contributed by atoms with E-state index in [1.54, 1.807) is 4.90 Å². The molecule has 0 aromatic heterocycles. The Morgan fingerprint density at radius 3 is 2.40 bits per heavy atom. The Hall–Kier alpha value is -2.33. The summed E-state index contributed by atoms with van der Waals surface area (Å²) in [5.74, 6) is -0.124. The first kappa shape index (κ1) is 22.4. The van der Waals surface area contributed by atoms with Gasteiger partial charge in [0.2, 0.25) is 11.8 Å². The summed E-state index contributed by atoms with van der Waals surface area (Å²) in [6, 6.07) is 15.2. The van der Waals surface area contributed by atoms with Gasteiger partial charge in [0.1, 0.15) is 6.04 Å². The van der Waals surface area contributed by atoms with Gasteiger partial charge in [-0.15, -0.1) is 0 Å². The molecule has 0 unspecified atom stereocenters. The van der Waals surface area contributed by atoms with Gasteiger partial charge in [0.25, 0.3) is 0 Å². The number of nitrogens with zero attached hydrogens (tertiary/aromatic N) is 1. The number of rotatable bonds is 8. The van der Waals surface area contributed by atoms with E-state index < -0.39 is 6.04 Å². The van der Waals surface area contributed by atoms with Crippen molar-refractivity contribution >= 4 is 23.4 Å². The molecule has 2 aromatic carbocycles. The first-order valence-corrected chi connectivity index (χ1v) is 11.2. The molecule has 1 atom stereocenters. The van der Waals surface area contributed by atoms with Gasteiger partial charge in [-0.25, -0.2) is 0 Å². The number of carbonyl (C=O) groups is 2. The zero-order chi connectivity index (χ0) is 21.5. The predicted molar refractivity (Wildman–Crippen MR) is 121 cm³/mol. The highest BCUT2D eigenvalue weighted by atomic mass is 35.5. The molecular formula is C25H31ClN2O2. The third kappa shape index (κ3) is 5.85. The van der Waals surface area contributed by atoms with Crippen molar-refractivity contribution in [1.29, 1.82) is 0 Å². The largest absolute Gasteiger partial charge is 0.352 e. The lowest BCUT2D eigenvalue weighted by molar-refractivity contribution is -0.141. The SMILES string of the molecule is CC[C@H](C(=O)NC1CCCC1)N(Cc1ccccc1Cl)C(=O)Cc1ccc(C)cc1. The Morgan fingerprint density at radius 1 is 1.10 bits per heavy atom. The molecule has 1 saturated carbocycles. The molecule has 0 aliphatic heterocycles. The van der Waals surface area contributed by atoms with Crippen molar-refractivity contribution in [2.75, 3.05) is 0 Å².